The molecule has 1 aromatic heterocycles. The van der Waals surface area contributed by atoms with Crippen molar-refractivity contribution in [2.24, 2.45) is 10.2 Å². The second-order valence-corrected chi connectivity index (χ2v) is 11.4. The number of nitro groups is 1. The molecule has 3 rings (SSSR count). The molecule has 0 amide bonds. The average molecular weight is 569 g/mol. The van der Waals surface area contributed by atoms with Gasteiger partial charge in [-0.15, -0.1) is 10.2 Å². The predicted molar refractivity (Wildman–Crippen MR) is 164 cm³/mol. The van der Waals surface area contributed by atoms with Gasteiger partial charge in [-0.3, -0.25) is 10.1 Å². The lowest BCUT2D eigenvalue weighted by atomic mass is 10.0. The Kier molecular flexibility index (Phi) is 14.4. The first-order chi connectivity index (χ1) is 19.6. The number of phenols is 1. The fourth-order valence-corrected chi connectivity index (χ4v) is 5.38. The van der Waals surface area contributed by atoms with Crippen molar-refractivity contribution in [2.75, 3.05) is 6.61 Å². The highest BCUT2D eigenvalue weighted by atomic mass is 32.1. The zero-order valence-electron chi connectivity index (χ0n) is 23.9. The van der Waals surface area contributed by atoms with Gasteiger partial charge in [-0.25, -0.2) is 4.98 Å². The fourth-order valence-electron chi connectivity index (χ4n) is 4.82. The molecule has 0 saturated carbocycles. The second kappa shape index (κ2) is 18.3. The summed E-state index contributed by atoms with van der Waals surface area (Å²) in [7, 11) is 0. The largest absolute Gasteiger partial charge is 0.504 e. The van der Waals surface area contributed by atoms with Gasteiger partial charge in [0.25, 0.3) is 0 Å². The van der Waals surface area contributed by atoms with Crippen molar-refractivity contribution in [1.82, 2.24) is 4.98 Å². The minimum Gasteiger partial charge on any atom is -0.504 e. The molecule has 1 heterocycles. The maximum absolute atomic E-state index is 10.9. The summed E-state index contributed by atoms with van der Waals surface area (Å²) in [5.74, 6) is 0.439. The highest BCUT2D eigenvalue weighted by molar-refractivity contribution is 7.18. The third-order valence-corrected chi connectivity index (χ3v) is 7.95. The van der Waals surface area contributed by atoms with Crippen LogP contribution in [0.4, 0.5) is 15.8 Å². The molecule has 0 radical (unpaired) electrons. The van der Waals surface area contributed by atoms with Crippen LogP contribution in [0.2, 0.25) is 0 Å². The standard InChI is InChI=1S/C31H44N4O4S/c1-2-3-4-5-6-7-8-9-10-11-12-13-14-15-16-19-22-39-28-23-27(25-20-17-18-21-26(25)30(28)36)33-34-31-32-24-29(40-31)35(37)38/h17-18,20-21,23-24,36H,2-16,19,22H2,1H3/b34-33+. The summed E-state index contributed by atoms with van der Waals surface area (Å²) in [5.41, 5.74) is 0.508. The normalized spacial score (nSPS) is 11.5. The van der Waals surface area contributed by atoms with Crippen LogP contribution in [-0.4, -0.2) is 21.6 Å². The van der Waals surface area contributed by atoms with Crippen molar-refractivity contribution in [3.05, 3.63) is 46.6 Å². The van der Waals surface area contributed by atoms with Crippen LogP contribution in [0.15, 0.2) is 46.8 Å². The third-order valence-electron chi connectivity index (χ3n) is 7.12. The molecular weight excluding hydrogens is 524 g/mol. The Bertz CT molecular complexity index is 1200. The van der Waals surface area contributed by atoms with Crippen molar-refractivity contribution in [2.45, 2.75) is 110 Å². The van der Waals surface area contributed by atoms with E-state index >= 15 is 0 Å². The van der Waals surface area contributed by atoms with Gasteiger partial charge in [0.05, 0.1) is 17.2 Å². The monoisotopic (exact) mass is 568 g/mol. The van der Waals surface area contributed by atoms with E-state index in [1.807, 2.05) is 18.2 Å². The number of aromatic nitrogens is 1. The number of nitrogens with zero attached hydrogens (tertiary/aromatic N) is 4. The number of thiazole rings is 1. The Balaban J connectivity index is 1.34. The first-order valence-electron chi connectivity index (χ1n) is 15.0. The van der Waals surface area contributed by atoms with Crippen molar-refractivity contribution < 1.29 is 14.8 Å². The predicted octanol–water partition coefficient (Wildman–Crippen LogP) is 11.0. The Labute approximate surface area is 242 Å². The van der Waals surface area contributed by atoms with E-state index in [0.29, 0.717) is 28.8 Å². The quantitative estimate of drug-likeness (QED) is 0.0594. The Morgan fingerprint density at radius 3 is 1.95 bits per heavy atom. The molecule has 218 valence electrons. The van der Waals surface area contributed by atoms with Crippen molar-refractivity contribution in [3.63, 3.8) is 0 Å². The lowest BCUT2D eigenvalue weighted by molar-refractivity contribution is -0.380. The molecule has 0 saturated heterocycles. The lowest BCUT2D eigenvalue weighted by Gasteiger charge is -2.12. The molecule has 1 N–H and O–H groups in total. The second-order valence-electron chi connectivity index (χ2n) is 10.4. The first-order valence-corrected chi connectivity index (χ1v) is 15.8. The zero-order valence-corrected chi connectivity index (χ0v) is 24.7. The van der Waals surface area contributed by atoms with Crippen molar-refractivity contribution in [1.29, 1.82) is 0 Å². The van der Waals surface area contributed by atoms with Crippen LogP contribution in [-0.2, 0) is 0 Å². The third kappa shape index (κ3) is 10.8. The first kappa shape index (κ1) is 31.5. The van der Waals surface area contributed by atoms with Gasteiger partial charge in [0, 0.05) is 16.8 Å². The summed E-state index contributed by atoms with van der Waals surface area (Å²) in [6.45, 7) is 2.78. The molecule has 0 bridgehead atoms. The van der Waals surface area contributed by atoms with Gasteiger partial charge in [0.1, 0.15) is 6.20 Å². The number of aromatic hydroxyl groups is 1. The summed E-state index contributed by atoms with van der Waals surface area (Å²) in [5, 5.41) is 31.4. The van der Waals surface area contributed by atoms with E-state index in [1.165, 1.54) is 96.1 Å². The molecular formula is C31H44N4O4S. The van der Waals surface area contributed by atoms with E-state index < -0.39 is 4.92 Å². The summed E-state index contributed by atoms with van der Waals surface area (Å²) < 4.78 is 5.94. The number of benzene rings is 2. The SMILES string of the molecule is CCCCCCCCCCCCCCCCCCOc1cc(/N=N/c2ncc([N+](=O)[O-])s2)c2ccccc2c1O. The van der Waals surface area contributed by atoms with E-state index in [1.54, 1.807) is 12.1 Å². The minimum atomic E-state index is -0.503. The summed E-state index contributed by atoms with van der Waals surface area (Å²) >= 11 is 0.855. The number of hydrogen-bond acceptors (Lipinski definition) is 8. The molecule has 0 unspecified atom stereocenters. The van der Waals surface area contributed by atoms with E-state index in [2.05, 4.69) is 22.1 Å². The van der Waals surface area contributed by atoms with Crippen LogP contribution in [0.5, 0.6) is 11.5 Å². The lowest BCUT2D eigenvalue weighted by Crippen LogP contribution is -1.98. The summed E-state index contributed by atoms with van der Waals surface area (Å²) in [4.78, 5) is 14.3. The molecule has 9 heteroatoms. The number of ether oxygens (including phenoxy) is 1. The van der Waals surface area contributed by atoms with Gasteiger partial charge in [-0.1, -0.05) is 128 Å². The fraction of sp³-hybridized carbons (Fsp3) is 0.581. The number of hydrogen-bond donors (Lipinski definition) is 1. The van der Waals surface area contributed by atoms with E-state index in [0.717, 1.165) is 24.2 Å². The summed E-state index contributed by atoms with van der Waals surface area (Å²) in [6.07, 6.45) is 22.2. The van der Waals surface area contributed by atoms with Gasteiger partial charge in [-0.2, -0.15) is 0 Å². The van der Waals surface area contributed by atoms with Gasteiger partial charge >= 0.3 is 5.00 Å². The molecule has 0 aliphatic carbocycles. The highest BCUT2D eigenvalue weighted by Gasteiger charge is 2.14. The summed E-state index contributed by atoms with van der Waals surface area (Å²) in [6, 6.07) is 9.00. The number of unbranched alkanes of at least 4 members (excludes halogenated alkanes) is 15. The molecule has 0 atom stereocenters. The van der Waals surface area contributed by atoms with E-state index in [9.17, 15) is 15.2 Å². The van der Waals surface area contributed by atoms with Crippen molar-refractivity contribution in [3.8, 4) is 11.5 Å². The van der Waals surface area contributed by atoms with Crippen LogP contribution in [0, 0.1) is 10.1 Å². The molecule has 3 aromatic rings. The Hall–Kier alpha value is -3.07. The highest BCUT2D eigenvalue weighted by Crippen LogP contribution is 2.41. The molecule has 8 nitrogen and oxygen atoms in total. The molecule has 40 heavy (non-hydrogen) atoms. The number of azo groups is 1. The van der Waals surface area contributed by atoms with Crippen LogP contribution in [0.25, 0.3) is 10.8 Å². The van der Waals surface area contributed by atoms with E-state index in [-0.39, 0.29) is 15.9 Å². The van der Waals surface area contributed by atoms with Crippen molar-refractivity contribution >= 4 is 37.9 Å². The number of fused-ring (bicyclic) bond motifs is 1. The van der Waals surface area contributed by atoms with Gasteiger partial charge in [-0.05, 0) is 17.8 Å². The maximum atomic E-state index is 10.9. The number of rotatable bonds is 21. The molecule has 0 aliphatic heterocycles. The van der Waals surface area contributed by atoms with Crippen LogP contribution in [0.1, 0.15) is 110 Å². The molecule has 2 aromatic carbocycles. The molecule has 0 fully saturated rings. The number of phenolic OH excluding ortho intramolecular Hbond substituents is 1. The van der Waals surface area contributed by atoms with Gasteiger partial charge < -0.3 is 9.84 Å². The van der Waals surface area contributed by atoms with E-state index in [4.69, 9.17) is 4.74 Å². The average Bonchev–Trinajstić information content (AvgIpc) is 3.45. The van der Waals surface area contributed by atoms with Gasteiger partial charge in [0.2, 0.25) is 5.13 Å². The maximum Gasteiger partial charge on any atom is 0.345 e. The van der Waals surface area contributed by atoms with Crippen LogP contribution >= 0.6 is 11.3 Å². The van der Waals surface area contributed by atoms with Gasteiger partial charge in [0.15, 0.2) is 11.5 Å². The Morgan fingerprint density at radius 1 is 0.850 bits per heavy atom. The molecule has 0 spiro atoms. The zero-order chi connectivity index (χ0) is 28.4. The Morgan fingerprint density at radius 2 is 1.40 bits per heavy atom. The minimum absolute atomic E-state index is 0.0796. The molecule has 0 aliphatic rings. The van der Waals surface area contributed by atoms with Crippen LogP contribution < -0.4 is 4.74 Å². The smallest absolute Gasteiger partial charge is 0.345 e. The van der Waals surface area contributed by atoms with Crippen LogP contribution in [0.3, 0.4) is 0 Å². The topological polar surface area (TPSA) is 110 Å².